The molecular formula is C12H18N4O3S. The van der Waals surface area contributed by atoms with Crippen molar-refractivity contribution >= 4 is 15.7 Å². The van der Waals surface area contributed by atoms with Crippen LogP contribution in [0.25, 0.3) is 0 Å². The lowest BCUT2D eigenvalue weighted by molar-refractivity contribution is 0.0696. The predicted molar refractivity (Wildman–Crippen MR) is 72.1 cm³/mol. The standard InChI is InChI=1S/C12H18N4O3S/c1-2-16(9-5-6-20(18,19)7-9)12(17)11-13-10(14-15-11)8-3-4-8/h8-9H,2-7H2,1H3,(H,13,14,15). The maximum Gasteiger partial charge on any atom is 0.293 e. The van der Waals surface area contributed by atoms with Crippen molar-refractivity contribution in [1.82, 2.24) is 20.1 Å². The van der Waals surface area contributed by atoms with Gasteiger partial charge in [0.15, 0.2) is 9.84 Å². The van der Waals surface area contributed by atoms with E-state index in [0.717, 1.165) is 18.7 Å². The quantitative estimate of drug-likeness (QED) is 0.864. The van der Waals surface area contributed by atoms with Crippen LogP contribution in [0.4, 0.5) is 0 Å². The van der Waals surface area contributed by atoms with Gasteiger partial charge in [-0.25, -0.2) is 13.4 Å². The van der Waals surface area contributed by atoms with E-state index in [1.54, 1.807) is 4.90 Å². The Hall–Kier alpha value is -1.44. The van der Waals surface area contributed by atoms with Crippen molar-refractivity contribution in [1.29, 1.82) is 0 Å². The molecule has 1 unspecified atom stereocenters. The SMILES string of the molecule is CCN(C(=O)c1n[nH]c(C2CC2)n1)C1CCS(=O)(=O)C1. The summed E-state index contributed by atoms with van der Waals surface area (Å²) in [5.74, 6) is 1.25. The number of H-pyrrole nitrogens is 1. The van der Waals surface area contributed by atoms with Gasteiger partial charge in [-0.2, -0.15) is 0 Å². The molecule has 1 aromatic rings. The van der Waals surface area contributed by atoms with Crippen LogP contribution in [0.15, 0.2) is 0 Å². The van der Waals surface area contributed by atoms with Crippen LogP contribution in [0.1, 0.15) is 48.5 Å². The van der Waals surface area contributed by atoms with Crippen molar-refractivity contribution in [2.45, 2.75) is 38.1 Å². The minimum Gasteiger partial charge on any atom is -0.332 e. The Kier molecular flexibility index (Phi) is 3.27. The second-order valence-electron chi connectivity index (χ2n) is 5.47. The van der Waals surface area contributed by atoms with Gasteiger partial charge in [-0.3, -0.25) is 9.89 Å². The fourth-order valence-corrected chi connectivity index (χ4v) is 4.36. The molecule has 2 heterocycles. The third-order valence-corrected chi connectivity index (χ3v) is 5.66. The molecule has 2 fully saturated rings. The van der Waals surface area contributed by atoms with E-state index in [2.05, 4.69) is 15.2 Å². The zero-order valence-electron chi connectivity index (χ0n) is 11.4. The number of hydrogen-bond acceptors (Lipinski definition) is 5. The van der Waals surface area contributed by atoms with Crippen molar-refractivity contribution in [2.24, 2.45) is 0 Å². The fourth-order valence-electron chi connectivity index (χ4n) is 2.63. The normalized spacial score (nSPS) is 24.8. The Morgan fingerprint density at radius 1 is 1.40 bits per heavy atom. The number of nitrogens with zero attached hydrogens (tertiary/aromatic N) is 3. The third kappa shape index (κ3) is 2.56. The van der Waals surface area contributed by atoms with Crippen LogP contribution in [-0.2, 0) is 9.84 Å². The van der Waals surface area contributed by atoms with E-state index in [9.17, 15) is 13.2 Å². The number of sulfone groups is 1. The molecule has 0 spiro atoms. The molecule has 110 valence electrons. The first-order valence-corrected chi connectivity index (χ1v) is 8.76. The molecule has 0 aromatic carbocycles. The molecule has 1 aromatic heterocycles. The summed E-state index contributed by atoms with van der Waals surface area (Å²) in [6.45, 7) is 2.31. The highest BCUT2D eigenvalue weighted by Crippen LogP contribution is 2.37. The van der Waals surface area contributed by atoms with Crippen molar-refractivity contribution in [3.8, 4) is 0 Å². The number of hydrogen-bond donors (Lipinski definition) is 1. The number of nitrogens with one attached hydrogen (secondary N) is 1. The largest absolute Gasteiger partial charge is 0.332 e. The van der Waals surface area contributed by atoms with Crippen LogP contribution < -0.4 is 0 Å². The Morgan fingerprint density at radius 3 is 2.70 bits per heavy atom. The number of carbonyl (C=O) groups is 1. The van der Waals surface area contributed by atoms with Crippen LogP contribution in [0, 0.1) is 0 Å². The summed E-state index contributed by atoms with van der Waals surface area (Å²) in [6.07, 6.45) is 2.67. The molecule has 8 heteroatoms. The highest BCUT2D eigenvalue weighted by atomic mass is 32.2. The van der Waals surface area contributed by atoms with E-state index in [-0.39, 0.29) is 29.3 Å². The predicted octanol–water partition coefficient (Wildman–Crippen LogP) is 0.331. The van der Waals surface area contributed by atoms with Crippen molar-refractivity contribution in [3.63, 3.8) is 0 Å². The van der Waals surface area contributed by atoms with Crippen molar-refractivity contribution in [2.75, 3.05) is 18.1 Å². The Balaban J connectivity index is 1.76. The summed E-state index contributed by atoms with van der Waals surface area (Å²) in [4.78, 5) is 18.2. The molecule has 0 bridgehead atoms. The molecule has 1 aliphatic heterocycles. The highest BCUT2D eigenvalue weighted by Gasteiger charge is 2.36. The smallest absolute Gasteiger partial charge is 0.293 e. The third-order valence-electron chi connectivity index (χ3n) is 3.91. The molecule has 1 amide bonds. The van der Waals surface area contributed by atoms with Gasteiger partial charge in [-0.1, -0.05) is 0 Å². The van der Waals surface area contributed by atoms with Gasteiger partial charge in [-0.05, 0) is 26.2 Å². The number of amides is 1. The highest BCUT2D eigenvalue weighted by molar-refractivity contribution is 7.91. The van der Waals surface area contributed by atoms with E-state index >= 15 is 0 Å². The van der Waals surface area contributed by atoms with Gasteiger partial charge >= 0.3 is 0 Å². The molecule has 3 rings (SSSR count). The molecular weight excluding hydrogens is 280 g/mol. The number of aromatic nitrogens is 3. The van der Waals surface area contributed by atoms with E-state index in [1.807, 2.05) is 6.92 Å². The van der Waals surface area contributed by atoms with Crippen LogP contribution in [0.3, 0.4) is 0 Å². The van der Waals surface area contributed by atoms with Gasteiger partial charge < -0.3 is 4.90 Å². The lowest BCUT2D eigenvalue weighted by Gasteiger charge is -2.25. The van der Waals surface area contributed by atoms with Gasteiger partial charge in [0.05, 0.1) is 11.5 Å². The lowest BCUT2D eigenvalue weighted by Crippen LogP contribution is -2.41. The van der Waals surface area contributed by atoms with E-state index in [4.69, 9.17) is 0 Å². The average Bonchev–Trinajstić information content (AvgIpc) is 3.02. The summed E-state index contributed by atoms with van der Waals surface area (Å²) < 4.78 is 23.1. The summed E-state index contributed by atoms with van der Waals surface area (Å²) in [7, 11) is -3.01. The lowest BCUT2D eigenvalue weighted by atomic mass is 10.2. The Labute approximate surface area is 117 Å². The number of carbonyl (C=O) groups excluding carboxylic acids is 1. The minimum atomic E-state index is -3.01. The second-order valence-corrected chi connectivity index (χ2v) is 7.70. The van der Waals surface area contributed by atoms with Crippen molar-refractivity contribution in [3.05, 3.63) is 11.6 Å². The molecule has 1 atom stereocenters. The molecule has 20 heavy (non-hydrogen) atoms. The molecule has 1 aliphatic carbocycles. The maximum atomic E-state index is 12.4. The zero-order valence-corrected chi connectivity index (χ0v) is 12.2. The van der Waals surface area contributed by atoms with Gasteiger partial charge in [0.25, 0.3) is 5.91 Å². The molecule has 1 saturated carbocycles. The van der Waals surface area contributed by atoms with E-state index in [1.165, 1.54) is 0 Å². The summed E-state index contributed by atoms with van der Waals surface area (Å²) in [5, 5.41) is 6.78. The minimum absolute atomic E-state index is 0.0481. The van der Waals surface area contributed by atoms with Gasteiger partial charge in [0, 0.05) is 18.5 Å². The number of aromatic amines is 1. The van der Waals surface area contributed by atoms with Crippen molar-refractivity contribution < 1.29 is 13.2 Å². The fraction of sp³-hybridized carbons (Fsp3) is 0.750. The molecule has 1 N–H and O–H groups in total. The molecule has 2 aliphatic rings. The average molecular weight is 298 g/mol. The Morgan fingerprint density at radius 2 is 2.15 bits per heavy atom. The summed E-state index contributed by atoms with van der Waals surface area (Å²) >= 11 is 0. The van der Waals surface area contributed by atoms with Crippen LogP contribution in [0.2, 0.25) is 0 Å². The monoisotopic (exact) mass is 298 g/mol. The second kappa shape index (κ2) is 4.83. The van der Waals surface area contributed by atoms with E-state index < -0.39 is 9.84 Å². The summed E-state index contributed by atoms with van der Waals surface area (Å²) in [6, 6.07) is -0.250. The Bertz CT molecular complexity index is 620. The molecule has 7 nitrogen and oxygen atoms in total. The molecule has 1 saturated heterocycles. The van der Waals surface area contributed by atoms with E-state index in [0.29, 0.717) is 18.9 Å². The first kappa shape index (κ1) is 13.5. The van der Waals surface area contributed by atoms with Gasteiger partial charge in [0.1, 0.15) is 5.82 Å². The number of rotatable bonds is 4. The first-order valence-electron chi connectivity index (χ1n) is 6.94. The zero-order chi connectivity index (χ0) is 14.3. The van der Waals surface area contributed by atoms with Crippen LogP contribution in [-0.4, -0.2) is 58.5 Å². The summed E-state index contributed by atoms with van der Waals surface area (Å²) in [5.41, 5.74) is 0. The van der Waals surface area contributed by atoms with Crippen LogP contribution in [0.5, 0.6) is 0 Å². The maximum absolute atomic E-state index is 12.4. The van der Waals surface area contributed by atoms with Gasteiger partial charge in [0.2, 0.25) is 5.82 Å². The molecule has 0 radical (unpaired) electrons. The van der Waals surface area contributed by atoms with Gasteiger partial charge in [-0.15, -0.1) is 5.10 Å². The first-order chi connectivity index (χ1) is 9.50. The van der Waals surface area contributed by atoms with Crippen LogP contribution >= 0.6 is 0 Å². The topological polar surface area (TPSA) is 96.0 Å².